The van der Waals surface area contributed by atoms with Crippen LogP contribution in [-0.2, 0) is 16.2 Å². The van der Waals surface area contributed by atoms with Crippen molar-refractivity contribution in [2.24, 2.45) is 0 Å². The second-order valence-corrected chi connectivity index (χ2v) is 10.1. The Morgan fingerprint density at radius 2 is 1.80 bits per heavy atom. The van der Waals surface area contributed by atoms with Crippen LogP contribution in [0.15, 0.2) is 62.6 Å². The van der Waals surface area contributed by atoms with Gasteiger partial charge in [-0.1, -0.05) is 12.1 Å². The summed E-state index contributed by atoms with van der Waals surface area (Å²) in [4.78, 5) is 11.5. The summed E-state index contributed by atoms with van der Waals surface area (Å²) >= 11 is 4.04. The number of nitrogens with one attached hydrogen (secondary N) is 1. The van der Waals surface area contributed by atoms with Gasteiger partial charge in [0, 0.05) is 6.07 Å². The van der Waals surface area contributed by atoms with Gasteiger partial charge in [-0.2, -0.15) is 13.2 Å². The largest absolute Gasteiger partial charge is 0.478 e. The Bertz CT molecular complexity index is 1210. The molecule has 12 heteroatoms. The highest BCUT2D eigenvalue weighted by Gasteiger charge is 2.34. The third-order valence-electron chi connectivity index (χ3n) is 3.70. The third-order valence-corrected chi connectivity index (χ3v) is 7.18. The fourth-order valence-electron chi connectivity index (χ4n) is 2.41. The maximum absolute atomic E-state index is 13.2. The van der Waals surface area contributed by atoms with Gasteiger partial charge in [0.2, 0.25) is 0 Å². The maximum Gasteiger partial charge on any atom is 0.419 e. The molecule has 0 atom stereocenters. The van der Waals surface area contributed by atoms with E-state index in [1.54, 1.807) is 0 Å². The number of carboxylic acids is 1. The number of benzene rings is 2. The zero-order valence-corrected chi connectivity index (χ0v) is 17.8. The molecule has 3 aromatic rings. The first-order valence-corrected chi connectivity index (χ1v) is 11.1. The van der Waals surface area contributed by atoms with Crippen LogP contribution in [0.2, 0.25) is 0 Å². The van der Waals surface area contributed by atoms with E-state index < -0.39 is 39.0 Å². The molecule has 0 saturated heterocycles. The lowest BCUT2D eigenvalue weighted by atomic mass is 10.1. The van der Waals surface area contributed by atoms with Crippen LogP contribution >= 0.6 is 27.3 Å². The summed E-state index contributed by atoms with van der Waals surface area (Å²) in [6, 6.07) is 10.5. The van der Waals surface area contributed by atoms with E-state index >= 15 is 0 Å². The number of sulfonamides is 1. The Morgan fingerprint density at radius 3 is 2.40 bits per heavy atom. The lowest BCUT2D eigenvalue weighted by Crippen LogP contribution is -2.14. The van der Waals surface area contributed by atoms with Crippen LogP contribution in [0.5, 0.6) is 11.5 Å². The summed E-state index contributed by atoms with van der Waals surface area (Å²) < 4.78 is 72.5. The highest BCUT2D eigenvalue weighted by atomic mass is 79.9. The molecule has 2 aromatic carbocycles. The van der Waals surface area contributed by atoms with E-state index in [1.807, 2.05) is 0 Å². The topological polar surface area (TPSA) is 92.7 Å². The van der Waals surface area contributed by atoms with Gasteiger partial charge in [-0.05, 0) is 52.3 Å². The minimum atomic E-state index is -4.67. The highest BCUT2D eigenvalue weighted by molar-refractivity contribution is 9.11. The number of ether oxygens (including phenoxy) is 1. The minimum absolute atomic E-state index is 0.0838. The SMILES string of the molecule is O=C(O)c1ccc(Oc2ccccc2C(F)(F)F)cc1NS(=O)(=O)c1ccc(Br)s1. The molecule has 0 unspecified atom stereocenters. The van der Waals surface area contributed by atoms with Crippen molar-refractivity contribution in [1.82, 2.24) is 0 Å². The van der Waals surface area contributed by atoms with Gasteiger partial charge in [-0.25, -0.2) is 13.2 Å². The molecule has 0 radical (unpaired) electrons. The number of halogens is 4. The average molecular weight is 522 g/mol. The molecule has 2 N–H and O–H groups in total. The van der Waals surface area contributed by atoms with E-state index in [0.29, 0.717) is 3.79 Å². The van der Waals surface area contributed by atoms with E-state index in [9.17, 15) is 31.5 Å². The van der Waals surface area contributed by atoms with Crippen molar-refractivity contribution < 1.29 is 36.2 Å². The first kappa shape index (κ1) is 22.1. The van der Waals surface area contributed by atoms with Gasteiger partial charge in [-0.3, -0.25) is 4.72 Å². The highest BCUT2D eigenvalue weighted by Crippen LogP contribution is 2.39. The number of anilines is 1. The number of hydrogen-bond acceptors (Lipinski definition) is 5. The zero-order chi connectivity index (χ0) is 22.1. The predicted octanol–water partition coefficient (Wildman–Crippen LogP) is 5.82. The zero-order valence-electron chi connectivity index (χ0n) is 14.6. The van der Waals surface area contributed by atoms with Crippen LogP contribution < -0.4 is 9.46 Å². The van der Waals surface area contributed by atoms with Gasteiger partial charge in [0.15, 0.2) is 0 Å². The van der Waals surface area contributed by atoms with E-state index in [0.717, 1.165) is 41.7 Å². The Morgan fingerprint density at radius 1 is 1.10 bits per heavy atom. The van der Waals surface area contributed by atoms with Gasteiger partial charge in [0.25, 0.3) is 10.0 Å². The molecule has 0 fully saturated rings. The second-order valence-electron chi connectivity index (χ2n) is 5.77. The summed E-state index contributed by atoms with van der Waals surface area (Å²) in [5.74, 6) is -2.12. The molecule has 1 heterocycles. The minimum Gasteiger partial charge on any atom is -0.478 e. The number of rotatable bonds is 6. The number of para-hydroxylation sites is 1. The molecule has 0 aliphatic carbocycles. The third kappa shape index (κ3) is 4.94. The van der Waals surface area contributed by atoms with Crippen LogP contribution in [0, 0.1) is 0 Å². The van der Waals surface area contributed by atoms with Crippen molar-refractivity contribution in [2.45, 2.75) is 10.4 Å². The first-order chi connectivity index (χ1) is 14.0. The fourth-order valence-corrected chi connectivity index (χ4v) is 5.49. The van der Waals surface area contributed by atoms with Crippen LogP contribution in [0.4, 0.5) is 18.9 Å². The maximum atomic E-state index is 13.2. The number of hydrogen-bond donors (Lipinski definition) is 2. The molecule has 3 rings (SSSR count). The number of carboxylic acid groups (broad SMARTS) is 1. The van der Waals surface area contributed by atoms with Gasteiger partial charge in [0.1, 0.15) is 15.7 Å². The predicted molar refractivity (Wildman–Crippen MR) is 108 cm³/mol. The average Bonchev–Trinajstić information content (AvgIpc) is 3.08. The number of carbonyl (C=O) groups is 1. The molecule has 158 valence electrons. The first-order valence-electron chi connectivity index (χ1n) is 7.97. The molecule has 0 aliphatic heterocycles. The molecule has 0 bridgehead atoms. The molecule has 0 spiro atoms. The summed E-state index contributed by atoms with van der Waals surface area (Å²) in [6.07, 6.45) is -4.67. The molecule has 6 nitrogen and oxygen atoms in total. The van der Waals surface area contributed by atoms with Crippen LogP contribution in [0.25, 0.3) is 0 Å². The van der Waals surface area contributed by atoms with Crippen molar-refractivity contribution in [2.75, 3.05) is 4.72 Å². The molecule has 30 heavy (non-hydrogen) atoms. The van der Waals surface area contributed by atoms with Gasteiger partial charge in [0.05, 0.1) is 20.6 Å². The molecule has 0 saturated carbocycles. The van der Waals surface area contributed by atoms with Crippen LogP contribution in [0.1, 0.15) is 15.9 Å². The Labute approximate surface area is 181 Å². The number of aromatic carboxylic acids is 1. The summed E-state index contributed by atoms with van der Waals surface area (Å²) in [5.41, 5.74) is -1.78. The van der Waals surface area contributed by atoms with Crippen LogP contribution in [-0.4, -0.2) is 19.5 Å². The standard InChI is InChI=1S/C18H11BrF3NO5S2/c19-15-7-8-16(29-15)30(26,27)23-13-9-10(5-6-11(13)17(24)25)28-14-4-2-1-3-12(14)18(20,21)22/h1-9,23H,(H,24,25). The Kier molecular flexibility index (Phi) is 6.11. The molecule has 0 aliphatic rings. The van der Waals surface area contributed by atoms with Gasteiger partial charge in [-0.15, -0.1) is 11.3 Å². The Hall–Kier alpha value is -2.57. The van der Waals surface area contributed by atoms with E-state index in [1.165, 1.54) is 24.3 Å². The van der Waals surface area contributed by atoms with Crippen molar-refractivity contribution in [3.05, 3.63) is 69.5 Å². The number of alkyl halides is 3. The summed E-state index contributed by atoms with van der Waals surface area (Å²) in [7, 11) is -4.13. The van der Waals surface area contributed by atoms with Crippen molar-refractivity contribution in [3.8, 4) is 11.5 Å². The summed E-state index contributed by atoms with van der Waals surface area (Å²) in [5, 5.41) is 9.34. The molecule has 0 amide bonds. The van der Waals surface area contributed by atoms with Gasteiger partial charge >= 0.3 is 12.1 Å². The number of thiophene rings is 1. The quantitative estimate of drug-likeness (QED) is 0.426. The Balaban J connectivity index is 2.00. The molecule has 1 aromatic heterocycles. The fraction of sp³-hybridized carbons (Fsp3) is 0.0556. The second kappa shape index (κ2) is 8.28. The lowest BCUT2D eigenvalue weighted by Gasteiger charge is -2.15. The van der Waals surface area contributed by atoms with Crippen molar-refractivity contribution in [1.29, 1.82) is 0 Å². The van der Waals surface area contributed by atoms with Gasteiger partial charge < -0.3 is 9.84 Å². The van der Waals surface area contributed by atoms with E-state index in [-0.39, 0.29) is 15.6 Å². The summed E-state index contributed by atoms with van der Waals surface area (Å²) in [6.45, 7) is 0. The van der Waals surface area contributed by atoms with Crippen molar-refractivity contribution >= 4 is 48.9 Å². The van der Waals surface area contributed by atoms with E-state index in [2.05, 4.69) is 20.7 Å². The van der Waals surface area contributed by atoms with Crippen molar-refractivity contribution in [3.63, 3.8) is 0 Å². The lowest BCUT2D eigenvalue weighted by molar-refractivity contribution is -0.138. The molecular weight excluding hydrogens is 511 g/mol. The van der Waals surface area contributed by atoms with Crippen LogP contribution in [0.3, 0.4) is 0 Å². The smallest absolute Gasteiger partial charge is 0.419 e. The molecular formula is C18H11BrF3NO5S2. The normalized spacial score (nSPS) is 11.9. The van der Waals surface area contributed by atoms with E-state index in [4.69, 9.17) is 4.74 Å². The monoisotopic (exact) mass is 521 g/mol.